The SMILES string of the molecule is COc1ncc(CN2CCC[C@]2(C(=O)N(C)C)c2cnccn2)cn1. The number of likely N-dealkylation sites (tertiary alicyclic amines) is 1. The molecule has 1 fully saturated rings. The Morgan fingerprint density at radius 1 is 1.24 bits per heavy atom. The maximum Gasteiger partial charge on any atom is 0.316 e. The van der Waals surface area contributed by atoms with Crippen molar-refractivity contribution >= 4 is 5.91 Å². The van der Waals surface area contributed by atoms with Crippen LogP contribution in [-0.4, -0.2) is 63.4 Å². The maximum atomic E-state index is 13.1. The van der Waals surface area contributed by atoms with Gasteiger partial charge in [0.15, 0.2) is 0 Å². The van der Waals surface area contributed by atoms with E-state index in [1.165, 1.54) is 7.11 Å². The van der Waals surface area contributed by atoms with Crippen LogP contribution in [0.3, 0.4) is 0 Å². The summed E-state index contributed by atoms with van der Waals surface area (Å²) in [4.78, 5) is 33.8. The summed E-state index contributed by atoms with van der Waals surface area (Å²) in [6.07, 6.45) is 10.0. The van der Waals surface area contributed by atoms with E-state index in [0.717, 1.165) is 18.5 Å². The van der Waals surface area contributed by atoms with Gasteiger partial charge in [0.05, 0.1) is 19.0 Å². The molecule has 0 aliphatic carbocycles. The van der Waals surface area contributed by atoms with Crippen LogP contribution in [0.2, 0.25) is 0 Å². The molecule has 0 bridgehead atoms. The van der Waals surface area contributed by atoms with Crippen molar-refractivity contribution in [1.82, 2.24) is 29.7 Å². The van der Waals surface area contributed by atoms with Crippen LogP contribution in [0.15, 0.2) is 31.0 Å². The third kappa shape index (κ3) is 3.17. The molecule has 0 radical (unpaired) electrons. The quantitative estimate of drug-likeness (QED) is 0.796. The van der Waals surface area contributed by atoms with Gasteiger partial charge in [0, 0.05) is 51.0 Å². The summed E-state index contributed by atoms with van der Waals surface area (Å²) in [5, 5.41) is 0. The van der Waals surface area contributed by atoms with Crippen LogP contribution in [0.4, 0.5) is 0 Å². The van der Waals surface area contributed by atoms with Gasteiger partial charge in [-0.25, -0.2) is 9.97 Å². The molecule has 3 rings (SSSR count). The number of hydrogen-bond donors (Lipinski definition) is 0. The van der Waals surface area contributed by atoms with E-state index in [1.807, 2.05) is 0 Å². The molecular formula is C17H22N6O2. The van der Waals surface area contributed by atoms with E-state index in [1.54, 1.807) is 50.0 Å². The lowest BCUT2D eigenvalue weighted by molar-refractivity contribution is -0.141. The first kappa shape index (κ1) is 17.2. The number of methoxy groups -OCH3 is 1. The van der Waals surface area contributed by atoms with Crippen LogP contribution in [0.1, 0.15) is 24.1 Å². The zero-order chi connectivity index (χ0) is 17.9. The van der Waals surface area contributed by atoms with Gasteiger partial charge in [-0.1, -0.05) is 0 Å². The van der Waals surface area contributed by atoms with Crippen LogP contribution in [0, 0.1) is 0 Å². The first-order chi connectivity index (χ1) is 12.1. The highest BCUT2D eigenvalue weighted by Crippen LogP contribution is 2.40. The molecule has 1 saturated heterocycles. The number of carbonyl (C=O) groups is 1. The number of aromatic nitrogens is 4. The summed E-state index contributed by atoms with van der Waals surface area (Å²) in [6.45, 7) is 1.35. The van der Waals surface area contributed by atoms with Crippen LogP contribution in [-0.2, 0) is 16.9 Å². The highest BCUT2D eigenvalue weighted by atomic mass is 16.5. The number of ether oxygens (including phenoxy) is 1. The van der Waals surface area contributed by atoms with E-state index in [-0.39, 0.29) is 5.91 Å². The summed E-state index contributed by atoms with van der Waals surface area (Å²) in [6, 6.07) is 0.328. The summed E-state index contributed by atoms with van der Waals surface area (Å²) < 4.78 is 5.00. The van der Waals surface area contributed by atoms with Crippen LogP contribution >= 0.6 is 0 Å². The summed E-state index contributed by atoms with van der Waals surface area (Å²) in [5.41, 5.74) is 0.792. The molecule has 1 aliphatic rings. The molecular weight excluding hydrogens is 320 g/mol. The smallest absolute Gasteiger partial charge is 0.316 e. The Balaban J connectivity index is 1.96. The van der Waals surface area contributed by atoms with E-state index >= 15 is 0 Å². The van der Waals surface area contributed by atoms with Gasteiger partial charge in [0.2, 0.25) is 5.91 Å². The van der Waals surface area contributed by atoms with Crippen LogP contribution < -0.4 is 4.74 Å². The number of likely N-dealkylation sites (N-methyl/N-ethyl adjacent to an activating group) is 1. The molecule has 0 unspecified atom stereocenters. The average molecular weight is 342 g/mol. The fourth-order valence-electron chi connectivity index (χ4n) is 3.36. The Kier molecular flexibility index (Phi) is 4.89. The molecule has 0 aromatic carbocycles. The molecule has 8 heteroatoms. The van der Waals surface area contributed by atoms with Crippen molar-refractivity contribution in [2.75, 3.05) is 27.7 Å². The summed E-state index contributed by atoms with van der Waals surface area (Å²) in [5.74, 6) is 0.0138. The van der Waals surface area contributed by atoms with Crippen molar-refractivity contribution in [1.29, 1.82) is 0 Å². The predicted octanol–water partition coefficient (Wildman–Crippen LogP) is 0.855. The largest absolute Gasteiger partial charge is 0.467 e. The maximum absolute atomic E-state index is 13.1. The zero-order valence-electron chi connectivity index (χ0n) is 14.7. The average Bonchev–Trinajstić information content (AvgIpc) is 3.06. The molecule has 132 valence electrons. The Morgan fingerprint density at radius 3 is 2.60 bits per heavy atom. The lowest BCUT2D eigenvalue weighted by Gasteiger charge is -2.38. The third-order valence-corrected chi connectivity index (χ3v) is 4.49. The lowest BCUT2D eigenvalue weighted by atomic mass is 9.90. The van der Waals surface area contributed by atoms with Gasteiger partial charge in [-0.3, -0.25) is 19.7 Å². The van der Waals surface area contributed by atoms with E-state index in [0.29, 0.717) is 24.7 Å². The molecule has 3 heterocycles. The Morgan fingerprint density at radius 2 is 2.00 bits per heavy atom. The second-order valence-electron chi connectivity index (χ2n) is 6.25. The van der Waals surface area contributed by atoms with E-state index in [2.05, 4.69) is 24.8 Å². The fraction of sp³-hybridized carbons (Fsp3) is 0.471. The van der Waals surface area contributed by atoms with E-state index in [9.17, 15) is 4.79 Å². The molecule has 1 atom stereocenters. The first-order valence-corrected chi connectivity index (χ1v) is 8.16. The molecule has 0 saturated carbocycles. The van der Waals surface area contributed by atoms with Gasteiger partial charge >= 0.3 is 6.01 Å². The molecule has 1 aliphatic heterocycles. The minimum Gasteiger partial charge on any atom is -0.467 e. The minimum atomic E-state index is -0.808. The Bertz CT molecular complexity index is 722. The highest BCUT2D eigenvalue weighted by Gasteiger charge is 2.50. The Labute approximate surface area is 146 Å². The fourth-order valence-corrected chi connectivity index (χ4v) is 3.36. The van der Waals surface area contributed by atoms with Gasteiger partial charge in [0.25, 0.3) is 0 Å². The monoisotopic (exact) mass is 342 g/mol. The lowest BCUT2D eigenvalue weighted by Crippen LogP contribution is -2.52. The van der Waals surface area contributed by atoms with Crippen molar-refractivity contribution < 1.29 is 9.53 Å². The van der Waals surface area contributed by atoms with Crippen molar-refractivity contribution in [3.05, 3.63) is 42.2 Å². The van der Waals surface area contributed by atoms with Crippen molar-refractivity contribution in [2.24, 2.45) is 0 Å². The van der Waals surface area contributed by atoms with Gasteiger partial charge < -0.3 is 9.64 Å². The first-order valence-electron chi connectivity index (χ1n) is 8.16. The molecule has 2 aromatic heterocycles. The van der Waals surface area contributed by atoms with Gasteiger partial charge in [-0.2, -0.15) is 0 Å². The van der Waals surface area contributed by atoms with Crippen molar-refractivity contribution in [2.45, 2.75) is 24.9 Å². The third-order valence-electron chi connectivity index (χ3n) is 4.49. The molecule has 0 spiro atoms. The van der Waals surface area contributed by atoms with E-state index in [4.69, 9.17) is 4.74 Å². The predicted molar refractivity (Wildman–Crippen MR) is 90.6 cm³/mol. The molecule has 1 amide bonds. The number of carbonyl (C=O) groups excluding carboxylic acids is 1. The van der Waals surface area contributed by atoms with Gasteiger partial charge in [-0.05, 0) is 19.4 Å². The number of rotatable bonds is 5. The van der Waals surface area contributed by atoms with Gasteiger partial charge in [-0.15, -0.1) is 0 Å². The molecule has 0 N–H and O–H groups in total. The molecule has 2 aromatic rings. The van der Waals surface area contributed by atoms with E-state index < -0.39 is 5.54 Å². The second kappa shape index (κ2) is 7.10. The second-order valence-corrected chi connectivity index (χ2v) is 6.25. The highest BCUT2D eigenvalue weighted by molar-refractivity contribution is 5.87. The van der Waals surface area contributed by atoms with Crippen LogP contribution in [0.5, 0.6) is 6.01 Å². The zero-order valence-corrected chi connectivity index (χ0v) is 14.7. The van der Waals surface area contributed by atoms with Crippen molar-refractivity contribution in [3.63, 3.8) is 0 Å². The molecule has 25 heavy (non-hydrogen) atoms. The Hall–Kier alpha value is -2.61. The van der Waals surface area contributed by atoms with Crippen molar-refractivity contribution in [3.8, 4) is 6.01 Å². The number of nitrogens with zero attached hydrogens (tertiary/aromatic N) is 6. The topological polar surface area (TPSA) is 84.3 Å². The normalized spacial score (nSPS) is 20.4. The summed E-state index contributed by atoms with van der Waals surface area (Å²) in [7, 11) is 5.07. The number of amides is 1. The minimum absolute atomic E-state index is 0.0138. The molecule has 8 nitrogen and oxygen atoms in total. The summed E-state index contributed by atoms with van der Waals surface area (Å²) >= 11 is 0. The standard InChI is InChI=1S/C17H22N6O2/c1-22(2)15(24)17(14-11-18-6-7-19-14)5-4-8-23(17)12-13-9-20-16(25-3)21-10-13/h6-7,9-11H,4-5,8,12H2,1-3H3/t17-/m1/s1. The van der Waals surface area contributed by atoms with Gasteiger partial charge in [0.1, 0.15) is 5.54 Å². The number of hydrogen-bond acceptors (Lipinski definition) is 7. The van der Waals surface area contributed by atoms with Crippen LogP contribution in [0.25, 0.3) is 0 Å².